The molecule has 0 bridgehead atoms. The van der Waals surface area contributed by atoms with Crippen LogP contribution in [0.4, 0.5) is 4.39 Å². The Morgan fingerprint density at radius 3 is 1.44 bits per heavy atom. The van der Waals surface area contributed by atoms with Crippen LogP contribution in [0.5, 0.6) is 0 Å². The number of rotatable bonds is 6. The van der Waals surface area contributed by atoms with Crippen molar-refractivity contribution in [1.29, 1.82) is 0 Å². The first-order chi connectivity index (χ1) is 29.2. The monoisotopic (exact) mass is 755 g/mol. The molecule has 0 unspecified atom stereocenters. The molecule has 9 aromatic carbocycles. The van der Waals surface area contributed by atoms with Crippen molar-refractivity contribution in [2.45, 2.75) is 0 Å². The fourth-order valence-electron chi connectivity index (χ4n) is 8.54. The highest BCUT2D eigenvalue weighted by atomic mass is 19.1. The largest absolute Gasteiger partial charge is 0.247 e. The summed E-state index contributed by atoms with van der Waals surface area (Å²) in [6.45, 7) is 0. The first-order valence-electron chi connectivity index (χ1n) is 19.8. The number of halogens is 1. The van der Waals surface area contributed by atoms with Crippen LogP contribution in [0.15, 0.2) is 206 Å². The molecular weight excluding hydrogens is 722 g/mol. The number of hydrogen-bond acceptors (Lipinski definition) is 3. The van der Waals surface area contributed by atoms with Crippen LogP contribution in [0.1, 0.15) is 0 Å². The Kier molecular flexibility index (Phi) is 8.34. The number of benzene rings is 9. The van der Waals surface area contributed by atoms with E-state index in [0.29, 0.717) is 5.82 Å². The lowest BCUT2D eigenvalue weighted by molar-refractivity contribution is 0.628. The second-order valence-electron chi connectivity index (χ2n) is 14.9. The maximum absolute atomic E-state index is 14.2. The van der Waals surface area contributed by atoms with Crippen molar-refractivity contribution >= 4 is 43.2 Å². The zero-order chi connectivity index (χ0) is 39.3. The third-order valence-electron chi connectivity index (χ3n) is 11.4. The number of nitrogens with zero attached hydrogens (tertiary/aromatic N) is 3. The van der Waals surface area contributed by atoms with Gasteiger partial charge in [-0.2, -0.15) is 0 Å². The van der Waals surface area contributed by atoms with Crippen LogP contribution in [0.2, 0.25) is 0 Å². The summed E-state index contributed by atoms with van der Waals surface area (Å²) >= 11 is 0. The predicted molar refractivity (Wildman–Crippen MR) is 242 cm³/mol. The van der Waals surface area contributed by atoms with Crippen LogP contribution in [0.25, 0.3) is 111 Å². The van der Waals surface area contributed by atoms with Crippen LogP contribution in [0.3, 0.4) is 0 Å². The molecule has 0 fully saturated rings. The minimum Gasteiger partial charge on any atom is -0.247 e. The summed E-state index contributed by atoms with van der Waals surface area (Å²) in [5.74, 6) is 0.413. The molecule has 276 valence electrons. The lowest BCUT2D eigenvalue weighted by Gasteiger charge is -2.18. The zero-order valence-electron chi connectivity index (χ0n) is 31.8. The van der Waals surface area contributed by atoms with Gasteiger partial charge in [0.25, 0.3) is 0 Å². The first-order valence-corrected chi connectivity index (χ1v) is 19.8. The summed E-state index contributed by atoms with van der Waals surface area (Å²) in [5, 5.41) is 7.89. The molecule has 0 N–H and O–H groups in total. The van der Waals surface area contributed by atoms with E-state index in [2.05, 4.69) is 140 Å². The van der Waals surface area contributed by atoms with Gasteiger partial charge in [-0.15, -0.1) is 0 Å². The van der Waals surface area contributed by atoms with Gasteiger partial charge in [-0.25, -0.2) is 19.3 Å². The number of para-hydroxylation sites is 1. The van der Waals surface area contributed by atoms with Gasteiger partial charge < -0.3 is 0 Å². The molecule has 0 saturated carbocycles. The summed E-state index contributed by atoms with van der Waals surface area (Å²) in [6, 6.07) is 70.3. The quantitative estimate of drug-likeness (QED) is 0.159. The molecule has 0 spiro atoms. The molecule has 11 aromatic rings. The van der Waals surface area contributed by atoms with Crippen molar-refractivity contribution in [3.05, 3.63) is 212 Å². The Morgan fingerprint density at radius 2 is 0.797 bits per heavy atom. The molecule has 0 saturated heterocycles. The minimum absolute atomic E-state index is 0.269. The lowest BCUT2D eigenvalue weighted by Crippen LogP contribution is -1.96. The van der Waals surface area contributed by atoms with Crippen molar-refractivity contribution < 1.29 is 4.39 Å². The van der Waals surface area contributed by atoms with Crippen molar-refractivity contribution in [2.24, 2.45) is 0 Å². The molecule has 59 heavy (non-hydrogen) atoms. The summed E-state index contributed by atoms with van der Waals surface area (Å²) in [5.41, 5.74) is 11.9. The molecule has 0 amide bonds. The van der Waals surface area contributed by atoms with Crippen LogP contribution in [-0.4, -0.2) is 15.0 Å². The van der Waals surface area contributed by atoms with Crippen molar-refractivity contribution in [1.82, 2.24) is 15.0 Å². The van der Waals surface area contributed by atoms with Crippen molar-refractivity contribution in [3.8, 4) is 67.4 Å². The van der Waals surface area contributed by atoms with Crippen LogP contribution < -0.4 is 0 Å². The molecule has 4 heteroatoms. The Hall–Kier alpha value is -7.82. The molecule has 2 heterocycles. The third-order valence-corrected chi connectivity index (χ3v) is 11.4. The molecule has 0 aliphatic carbocycles. The lowest BCUT2D eigenvalue weighted by atomic mass is 9.87. The Labute approximate surface area is 340 Å². The number of fused-ring (bicyclic) bond motifs is 6. The summed E-state index contributed by atoms with van der Waals surface area (Å²) in [7, 11) is 0. The van der Waals surface area contributed by atoms with Crippen LogP contribution in [0, 0.1) is 5.82 Å². The van der Waals surface area contributed by atoms with E-state index in [4.69, 9.17) is 15.0 Å². The van der Waals surface area contributed by atoms with Gasteiger partial charge in [0, 0.05) is 38.4 Å². The molecule has 0 radical (unpaired) electrons. The first kappa shape index (κ1) is 34.4. The fourth-order valence-corrected chi connectivity index (χ4v) is 8.54. The van der Waals surface area contributed by atoms with Gasteiger partial charge in [-0.1, -0.05) is 164 Å². The second-order valence-corrected chi connectivity index (χ2v) is 14.9. The van der Waals surface area contributed by atoms with Crippen molar-refractivity contribution in [3.63, 3.8) is 0 Å². The minimum atomic E-state index is -0.269. The number of hydrogen-bond donors (Lipinski definition) is 0. The van der Waals surface area contributed by atoms with E-state index >= 15 is 0 Å². The van der Waals surface area contributed by atoms with E-state index < -0.39 is 0 Å². The average Bonchev–Trinajstić information content (AvgIpc) is 3.31. The highest BCUT2D eigenvalue weighted by Gasteiger charge is 2.19. The maximum atomic E-state index is 14.2. The normalized spacial score (nSPS) is 11.5. The van der Waals surface area contributed by atoms with Crippen molar-refractivity contribution in [2.75, 3.05) is 0 Å². The number of pyridine rings is 1. The topological polar surface area (TPSA) is 38.7 Å². The van der Waals surface area contributed by atoms with E-state index in [1.807, 2.05) is 54.6 Å². The van der Waals surface area contributed by atoms with E-state index in [1.54, 1.807) is 0 Å². The van der Waals surface area contributed by atoms with E-state index in [-0.39, 0.29) is 5.82 Å². The van der Waals surface area contributed by atoms with Gasteiger partial charge >= 0.3 is 0 Å². The molecule has 0 aliphatic heterocycles. The Balaban J connectivity index is 1.06. The van der Waals surface area contributed by atoms with Gasteiger partial charge in [0.15, 0.2) is 5.82 Å². The van der Waals surface area contributed by atoms with Gasteiger partial charge in [0.2, 0.25) is 0 Å². The van der Waals surface area contributed by atoms with Crippen LogP contribution in [-0.2, 0) is 0 Å². The summed E-state index contributed by atoms with van der Waals surface area (Å²) in [4.78, 5) is 15.3. The third kappa shape index (κ3) is 6.10. The fraction of sp³-hybridized carbons (Fsp3) is 0. The van der Waals surface area contributed by atoms with Gasteiger partial charge in [0.05, 0.1) is 22.6 Å². The SMILES string of the molecule is Fc1ccc(-c2nc3ccccc3c3c2cc(-c2ccc(-c4ccc(-c5nc(-c6ccccc6)cc(-c6ccccc6)n5)cc4)c4ccccc24)c2ccccc23)cc1. The zero-order valence-corrected chi connectivity index (χ0v) is 31.8. The molecular formula is C55H34FN3. The van der Waals surface area contributed by atoms with Crippen LogP contribution >= 0.6 is 0 Å². The van der Waals surface area contributed by atoms with Gasteiger partial charge in [-0.05, 0) is 86.3 Å². The second kappa shape index (κ2) is 14.3. The summed E-state index contributed by atoms with van der Waals surface area (Å²) < 4.78 is 14.2. The smallest absolute Gasteiger partial charge is 0.160 e. The van der Waals surface area contributed by atoms with E-state index in [1.165, 1.54) is 12.1 Å². The van der Waals surface area contributed by atoms with Gasteiger partial charge in [0.1, 0.15) is 5.82 Å². The highest BCUT2D eigenvalue weighted by molar-refractivity contribution is 6.26. The Bertz CT molecular complexity index is 3300. The van der Waals surface area contributed by atoms with E-state index in [9.17, 15) is 4.39 Å². The van der Waals surface area contributed by atoms with Gasteiger partial charge in [-0.3, -0.25) is 0 Å². The standard InChI is InChI=1S/C55H34FN3/c56-40-29-27-38(28-30-40)54-49-33-48(44-19-9-10-20-46(44)53(49)47-21-11-12-22-50(47)57-54)45-32-31-41(42-17-7-8-18-43(42)45)35-23-25-39(26-24-35)55-58-51(36-13-3-1-4-14-36)34-52(59-55)37-15-5-2-6-16-37/h1-34H. The molecule has 11 rings (SSSR count). The molecule has 2 aromatic heterocycles. The average molecular weight is 756 g/mol. The predicted octanol–water partition coefficient (Wildman–Crippen LogP) is 14.6. The molecule has 0 atom stereocenters. The van der Waals surface area contributed by atoms with E-state index in [0.717, 1.165) is 105 Å². The number of aromatic nitrogens is 3. The molecule has 0 aliphatic rings. The maximum Gasteiger partial charge on any atom is 0.160 e. The Morgan fingerprint density at radius 1 is 0.305 bits per heavy atom. The summed E-state index contributed by atoms with van der Waals surface area (Å²) in [6.07, 6.45) is 0. The molecule has 3 nitrogen and oxygen atoms in total. The highest BCUT2D eigenvalue weighted by Crippen LogP contribution is 2.44.